The van der Waals surface area contributed by atoms with Gasteiger partial charge in [0.1, 0.15) is 23.1 Å². The first-order valence-corrected chi connectivity index (χ1v) is 12.9. The van der Waals surface area contributed by atoms with Gasteiger partial charge in [-0.25, -0.2) is 19.2 Å². The number of rotatable bonds is 6. The molecular weight excluding hydrogens is 509 g/mol. The number of pyridine rings is 2. The Morgan fingerprint density at radius 1 is 1.16 bits per heavy atom. The number of anilines is 2. The quantitative estimate of drug-likeness (QED) is 0.391. The molecule has 4 rings (SSSR count). The van der Waals surface area contributed by atoms with E-state index in [1.165, 1.54) is 18.3 Å². The highest BCUT2D eigenvalue weighted by Crippen LogP contribution is 2.29. The van der Waals surface area contributed by atoms with Gasteiger partial charge in [-0.15, -0.1) is 0 Å². The van der Waals surface area contributed by atoms with E-state index in [-0.39, 0.29) is 24.2 Å². The van der Waals surface area contributed by atoms with Crippen LogP contribution in [0.2, 0.25) is 5.02 Å². The normalized spacial score (nSPS) is 15.6. The van der Waals surface area contributed by atoms with Gasteiger partial charge in [-0.2, -0.15) is 0 Å². The fourth-order valence-electron chi connectivity index (χ4n) is 4.14. The minimum atomic E-state index is -0.601. The third kappa shape index (κ3) is 7.41. The van der Waals surface area contributed by atoms with Crippen molar-refractivity contribution in [3.63, 3.8) is 0 Å². The van der Waals surface area contributed by atoms with Gasteiger partial charge in [0.05, 0.1) is 16.6 Å². The largest absolute Gasteiger partial charge is 0.444 e. The van der Waals surface area contributed by atoms with Crippen LogP contribution in [0.3, 0.4) is 0 Å². The number of halogens is 2. The number of carbonyl (C=O) groups excluding carboxylic acids is 2. The van der Waals surface area contributed by atoms with Crippen molar-refractivity contribution in [1.29, 1.82) is 0 Å². The van der Waals surface area contributed by atoms with Crippen molar-refractivity contribution in [2.24, 2.45) is 5.92 Å². The molecule has 3 aromatic rings. The first-order valence-electron chi connectivity index (χ1n) is 12.5. The highest BCUT2D eigenvalue weighted by atomic mass is 35.5. The van der Waals surface area contributed by atoms with Gasteiger partial charge < -0.3 is 20.3 Å². The van der Waals surface area contributed by atoms with Crippen LogP contribution in [0.4, 0.5) is 20.8 Å². The van der Waals surface area contributed by atoms with E-state index in [1.54, 1.807) is 29.2 Å². The second kappa shape index (κ2) is 11.8. The molecule has 1 aliphatic rings. The highest BCUT2D eigenvalue weighted by molar-refractivity contribution is 6.33. The zero-order valence-electron chi connectivity index (χ0n) is 21.6. The summed E-state index contributed by atoms with van der Waals surface area (Å²) in [6.45, 7) is 6.68. The summed E-state index contributed by atoms with van der Waals surface area (Å²) in [7, 11) is 0. The highest BCUT2D eigenvalue weighted by Gasteiger charge is 2.31. The molecule has 2 aromatic heterocycles. The lowest BCUT2D eigenvalue weighted by Gasteiger charge is -2.33. The molecule has 0 bridgehead atoms. The molecule has 10 heteroatoms. The van der Waals surface area contributed by atoms with Crippen LogP contribution in [-0.4, -0.2) is 45.6 Å². The molecule has 8 nitrogen and oxygen atoms in total. The number of carbonyl (C=O) groups is 2. The third-order valence-electron chi connectivity index (χ3n) is 5.94. The van der Waals surface area contributed by atoms with Gasteiger partial charge in [-0.3, -0.25) is 4.79 Å². The van der Waals surface area contributed by atoms with Crippen molar-refractivity contribution in [2.75, 3.05) is 23.7 Å². The van der Waals surface area contributed by atoms with Gasteiger partial charge in [-0.05, 0) is 69.5 Å². The molecule has 0 spiro atoms. The number of nitrogens with one attached hydrogen (secondary N) is 2. The van der Waals surface area contributed by atoms with Gasteiger partial charge in [-0.1, -0.05) is 29.8 Å². The molecule has 0 radical (unpaired) electrons. The predicted octanol–water partition coefficient (Wildman–Crippen LogP) is 6.13. The maximum absolute atomic E-state index is 13.5. The van der Waals surface area contributed by atoms with Gasteiger partial charge in [0.15, 0.2) is 0 Å². The number of hydrogen-bond acceptors (Lipinski definition) is 6. The molecule has 1 atom stereocenters. The zero-order chi connectivity index (χ0) is 27.3. The van der Waals surface area contributed by atoms with Crippen molar-refractivity contribution in [2.45, 2.75) is 45.8 Å². The Hall–Kier alpha value is -3.72. The van der Waals surface area contributed by atoms with Crippen molar-refractivity contribution in [3.8, 4) is 11.3 Å². The molecule has 1 aliphatic heterocycles. The first kappa shape index (κ1) is 27.3. The molecule has 1 fully saturated rings. The summed E-state index contributed by atoms with van der Waals surface area (Å²) in [5.74, 6) is 0.0245. The van der Waals surface area contributed by atoms with Gasteiger partial charge in [0, 0.05) is 31.4 Å². The fraction of sp³-hybridized carbons (Fsp3) is 0.357. The summed E-state index contributed by atoms with van der Waals surface area (Å²) in [5, 5.41) is 6.42. The van der Waals surface area contributed by atoms with Crippen LogP contribution in [-0.2, 0) is 16.1 Å². The van der Waals surface area contributed by atoms with Crippen molar-refractivity contribution in [3.05, 3.63) is 71.1 Å². The summed E-state index contributed by atoms with van der Waals surface area (Å²) in [5.41, 5.74) is 1.38. The van der Waals surface area contributed by atoms with Crippen LogP contribution in [0, 0.1) is 11.7 Å². The van der Waals surface area contributed by atoms with E-state index in [0.29, 0.717) is 53.8 Å². The number of ether oxygens (including phenoxy) is 1. The van der Waals surface area contributed by atoms with Gasteiger partial charge >= 0.3 is 6.09 Å². The van der Waals surface area contributed by atoms with E-state index in [9.17, 15) is 14.0 Å². The maximum Gasteiger partial charge on any atom is 0.410 e. The minimum absolute atomic E-state index is 0.225. The Labute approximate surface area is 226 Å². The zero-order valence-corrected chi connectivity index (χ0v) is 22.4. The van der Waals surface area contributed by atoms with Crippen molar-refractivity contribution in [1.82, 2.24) is 14.9 Å². The number of benzene rings is 1. The summed E-state index contributed by atoms with van der Waals surface area (Å²) >= 11 is 6.43. The predicted molar refractivity (Wildman–Crippen MR) is 145 cm³/mol. The lowest BCUT2D eigenvalue weighted by molar-refractivity contribution is -0.121. The lowest BCUT2D eigenvalue weighted by atomic mass is 9.97. The van der Waals surface area contributed by atoms with Crippen LogP contribution in [0.5, 0.6) is 0 Å². The topological polar surface area (TPSA) is 96.5 Å². The average molecular weight is 540 g/mol. The minimum Gasteiger partial charge on any atom is -0.444 e. The van der Waals surface area contributed by atoms with Crippen molar-refractivity contribution < 1.29 is 18.7 Å². The smallest absolute Gasteiger partial charge is 0.410 e. The van der Waals surface area contributed by atoms with Gasteiger partial charge in [0.2, 0.25) is 5.91 Å². The van der Waals surface area contributed by atoms with Crippen molar-refractivity contribution >= 4 is 35.2 Å². The summed E-state index contributed by atoms with van der Waals surface area (Å²) in [4.78, 5) is 36.0. The number of piperidine rings is 1. The molecule has 2 N–H and O–H groups in total. The average Bonchev–Trinajstić information content (AvgIpc) is 2.88. The summed E-state index contributed by atoms with van der Waals surface area (Å²) < 4.78 is 18.9. The number of hydrogen-bond donors (Lipinski definition) is 2. The molecule has 3 heterocycles. The Bertz CT molecular complexity index is 1310. The SMILES string of the molecule is CC(C)(C)OC(=O)N1CCC[C@H](C(=O)Nc2cc(-c3cccc(NCc4cccc(F)c4)n3)c(Cl)cn2)C1. The van der Waals surface area contributed by atoms with E-state index in [4.69, 9.17) is 16.3 Å². The molecule has 200 valence electrons. The van der Waals surface area contributed by atoms with Crippen LogP contribution in [0.25, 0.3) is 11.3 Å². The molecule has 2 amide bonds. The second-order valence-corrected chi connectivity index (χ2v) is 10.6. The summed E-state index contributed by atoms with van der Waals surface area (Å²) in [6, 6.07) is 13.5. The fourth-order valence-corrected chi connectivity index (χ4v) is 4.34. The van der Waals surface area contributed by atoms with Gasteiger partial charge in [0.25, 0.3) is 0 Å². The van der Waals surface area contributed by atoms with Crippen LogP contribution in [0.15, 0.2) is 54.7 Å². The maximum atomic E-state index is 13.5. The van der Waals surface area contributed by atoms with Crippen LogP contribution >= 0.6 is 11.6 Å². The standard InChI is InChI=1S/C28H31ClFN5O3/c1-28(2,3)38-27(37)35-12-6-8-19(17-35)26(36)34-25-14-21(22(29)16-32-25)23-10-5-11-24(33-23)31-15-18-7-4-9-20(30)13-18/h4-5,7,9-11,13-14,16,19H,6,8,12,15,17H2,1-3H3,(H,31,33)(H,32,34,36)/t19-/m0/s1. The Kier molecular flexibility index (Phi) is 8.46. The Morgan fingerprint density at radius 2 is 1.95 bits per heavy atom. The Balaban J connectivity index is 1.43. The van der Waals surface area contributed by atoms with Crippen LogP contribution in [0.1, 0.15) is 39.2 Å². The molecule has 0 unspecified atom stereocenters. The molecule has 1 aromatic carbocycles. The number of aromatic nitrogens is 2. The number of nitrogens with zero attached hydrogens (tertiary/aromatic N) is 3. The molecular formula is C28H31ClFN5O3. The van der Waals surface area contributed by atoms with Crippen LogP contribution < -0.4 is 10.6 Å². The van der Waals surface area contributed by atoms with E-state index in [2.05, 4.69) is 20.6 Å². The number of likely N-dealkylation sites (tertiary alicyclic amines) is 1. The summed E-state index contributed by atoms with van der Waals surface area (Å²) in [6.07, 6.45) is 2.41. The van der Waals surface area contributed by atoms with E-state index in [1.807, 2.05) is 32.9 Å². The Morgan fingerprint density at radius 3 is 2.71 bits per heavy atom. The monoisotopic (exact) mass is 539 g/mol. The van der Waals surface area contributed by atoms with E-state index in [0.717, 1.165) is 5.56 Å². The second-order valence-electron chi connectivity index (χ2n) is 10.2. The van der Waals surface area contributed by atoms with E-state index < -0.39 is 11.7 Å². The third-order valence-corrected chi connectivity index (χ3v) is 6.24. The number of amides is 2. The lowest BCUT2D eigenvalue weighted by Crippen LogP contribution is -2.45. The molecule has 38 heavy (non-hydrogen) atoms. The molecule has 0 aliphatic carbocycles. The first-order chi connectivity index (χ1) is 18.1. The molecule has 0 saturated carbocycles. The molecule has 1 saturated heterocycles. The van der Waals surface area contributed by atoms with E-state index >= 15 is 0 Å².